The van der Waals surface area contributed by atoms with E-state index in [4.69, 9.17) is 0 Å². The number of benzene rings is 8. The molecule has 16 heteroatoms. The summed E-state index contributed by atoms with van der Waals surface area (Å²) < 4.78 is 0. The van der Waals surface area contributed by atoms with Gasteiger partial charge in [0.1, 0.15) is 64.6 Å². The summed E-state index contributed by atoms with van der Waals surface area (Å²) in [7, 11) is -31.9. The van der Waals surface area contributed by atoms with Crippen LogP contribution in [0.15, 0.2) is 194 Å². The van der Waals surface area contributed by atoms with E-state index in [0.717, 1.165) is 0 Å². The predicted molar refractivity (Wildman–Crippen MR) is 685 cm³/mol. The van der Waals surface area contributed by atoms with Crippen LogP contribution in [0.25, 0.3) is 0 Å². The van der Waals surface area contributed by atoms with E-state index in [9.17, 15) is 0 Å². The van der Waals surface area contributed by atoms with E-state index in [1.807, 2.05) is 0 Å². The average molecular weight is 2170 g/mol. The molecule has 14 rings (SSSR count). The molecule has 0 aromatic heterocycles. The molecule has 0 bridgehead atoms. The third-order valence-electron chi connectivity index (χ3n) is 35.7. The number of rotatable bonds is 32. The van der Waals surface area contributed by atoms with Gasteiger partial charge in [-0.25, -0.2) is 0 Å². The van der Waals surface area contributed by atoms with Crippen molar-refractivity contribution in [3.05, 3.63) is 239 Å². The van der Waals surface area contributed by atoms with Crippen molar-refractivity contribution in [1.82, 2.24) is 0 Å². The van der Waals surface area contributed by atoms with Crippen molar-refractivity contribution in [2.45, 2.75) is 362 Å². The lowest BCUT2D eigenvalue weighted by Gasteiger charge is -3.35. The number of hydrogen-bond donors (Lipinski definition) is 0. The molecule has 6 saturated carbocycles. The molecule has 144 heavy (non-hydrogen) atoms. The van der Waals surface area contributed by atoms with E-state index in [0.29, 0.717) is 0 Å². The molecule has 0 N–H and O–H groups in total. The van der Waals surface area contributed by atoms with E-state index in [-0.39, 0.29) is 43.3 Å². The van der Waals surface area contributed by atoms with Gasteiger partial charge in [-0.1, -0.05) is 496 Å². The van der Waals surface area contributed by atoms with Crippen LogP contribution >= 0.6 is 0 Å². The first-order valence-electron chi connectivity index (χ1n) is 55.2. The van der Waals surface area contributed by atoms with Gasteiger partial charge in [-0.05, 0) is 192 Å². The van der Waals surface area contributed by atoms with Crippen molar-refractivity contribution >= 4 is 171 Å². The second-order valence-corrected chi connectivity index (χ2v) is 136. The van der Waals surface area contributed by atoms with Gasteiger partial charge in [-0.2, -0.15) is 0 Å². The highest BCUT2D eigenvalue weighted by molar-refractivity contribution is 6.94. The third-order valence-corrected chi connectivity index (χ3v) is 69.9. The van der Waals surface area contributed by atoms with E-state index >= 15 is 0 Å². The van der Waals surface area contributed by atoms with Crippen LogP contribution in [-0.4, -0.2) is 129 Å². The quantitative estimate of drug-likeness (QED) is 0.0291. The highest BCUT2D eigenvalue weighted by Gasteiger charge is 3.34. The summed E-state index contributed by atoms with van der Waals surface area (Å²) in [6.07, 6.45) is 10.5. The zero-order chi connectivity index (χ0) is 106. The van der Waals surface area contributed by atoms with Crippen LogP contribution < -0.4 is 41.5 Å². The molecule has 0 saturated heterocycles. The van der Waals surface area contributed by atoms with Crippen molar-refractivity contribution in [3.63, 3.8) is 0 Å². The van der Waals surface area contributed by atoms with Crippen molar-refractivity contribution in [2.24, 2.45) is 43.3 Å². The van der Waals surface area contributed by atoms with Crippen LogP contribution in [-0.2, 0) is 0 Å². The highest BCUT2D eigenvalue weighted by atomic mass is 28.4. The largest absolute Gasteiger partial charge is 0.129 e. The Bertz CT molecular complexity index is 5330. The monoisotopic (exact) mass is 2170 g/mol. The Morgan fingerprint density at radius 3 is 0.271 bits per heavy atom. The SMILES string of the molecule is C[Si](C)(C)C#Cc1ccc([Si](C)(C)CCC23C4(CC[Si](C)(C)c5ccc(C#C[Si](C)(C)C)cc5)C5(CC[Si](C)(C)c6ccc(C#C[Si](C)(C)C)cc6)C2(CC[Si](C)(C)c2ccc(C#C[Si](C)(C)C)cc2)C2(CC[Si](C)(C)c6ccc(C#C[Si](C)(C)C)cc6)C3(CC[Si](C)(C)c3ccc(C#C[Si](C)(C)C)cc3)C4(CC[Si](C)(C)c3ccc(C#C[Si](C)(C)C)cc3)C52CC[Si](C)(C)c2ccc(C#C[Si](C)(C)C)cc2)cc1. The molecule has 0 heterocycles. The molecule has 0 nitrogen and oxygen atoms in total. The van der Waals surface area contributed by atoms with Gasteiger partial charge in [0.05, 0.1) is 64.6 Å². The summed E-state index contributed by atoms with van der Waals surface area (Å²) in [5, 5.41) is 12.9. The minimum atomic E-state index is -2.34. The molecule has 8 aromatic carbocycles. The first-order chi connectivity index (χ1) is 66.1. The lowest BCUT2D eigenvalue weighted by atomic mass is 8.68. The molecule has 0 atom stereocenters. The van der Waals surface area contributed by atoms with Crippen molar-refractivity contribution in [3.8, 4) is 91.7 Å². The number of hydrogen-bond acceptors (Lipinski definition) is 0. The van der Waals surface area contributed by atoms with Gasteiger partial charge < -0.3 is 0 Å². The first kappa shape index (κ1) is 115. The molecule has 0 amide bonds. The van der Waals surface area contributed by atoms with Crippen molar-refractivity contribution in [1.29, 1.82) is 0 Å². The van der Waals surface area contributed by atoms with Crippen molar-refractivity contribution in [2.75, 3.05) is 0 Å². The minimum Gasteiger partial charge on any atom is -0.127 e. The molecule has 6 aliphatic rings. The Hall–Kier alpha value is -6.29. The van der Waals surface area contributed by atoms with E-state index in [2.05, 4.69) is 548 Å². The summed E-state index contributed by atoms with van der Waals surface area (Å²) in [6.45, 7) is 103. The molecule has 0 radical (unpaired) electrons. The maximum atomic E-state index is 3.80. The van der Waals surface area contributed by atoms with Crippen LogP contribution in [0.1, 0.15) is 95.9 Å². The molecule has 0 spiro atoms. The lowest BCUT2D eigenvalue weighted by Crippen LogP contribution is -3.32. The van der Waals surface area contributed by atoms with Crippen LogP contribution in [0.3, 0.4) is 0 Å². The third kappa shape index (κ3) is 22.1. The summed E-state index contributed by atoms with van der Waals surface area (Å²) in [4.78, 5) is 0. The molecular weight excluding hydrogens is 1990 g/mol. The summed E-state index contributed by atoms with van der Waals surface area (Å²) in [6, 6.07) is 91.2. The van der Waals surface area contributed by atoms with E-state index in [1.54, 1.807) is 41.5 Å². The maximum Gasteiger partial charge on any atom is 0.129 e. The Morgan fingerprint density at radius 1 is 0.125 bits per heavy atom. The fraction of sp³-hybridized carbons (Fsp3) is 0.500. The van der Waals surface area contributed by atoms with Crippen LogP contribution in [0.2, 0.25) is 310 Å². The average Bonchev–Trinajstić information content (AvgIpc) is 0.488. The van der Waals surface area contributed by atoms with Gasteiger partial charge in [0.2, 0.25) is 0 Å². The van der Waals surface area contributed by atoms with E-state index < -0.39 is 129 Å². The van der Waals surface area contributed by atoms with Gasteiger partial charge in [0.25, 0.3) is 0 Å². The van der Waals surface area contributed by atoms with Crippen LogP contribution in [0, 0.1) is 135 Å². The van der Waals surface area contributed by atoms with Gasteiger partial charge in [0.15, 0.2) is 0 Å². The Balaban J connectivity index is 1.19. The fourth-order valence-electron chi connectivity index (χ4n) is 28.8. The lowest BCUT2D eigenvalue weighted by molar-refractivity contribution is -0.887. The second-order valence-electron chi connectivity index (χ2n) is 58.9. The van der Waals surface area contributed by atoms with Gasteiger partial charge in [0, 0.05) is 44.5 Å². The molecular formula is C128H184Si16. The molecule has 6 fully saturated rings. The second kappa shape index (κ2) is 40.4. The maximum absolute atomic E-state index is 3.80. The minimum absolute atomic E-state index is 0.0387. The fourth-order valence-corrected chi connectivity index (χ4v) is 51.8. The van der Waals surface area contributed by atoms with Gasteiger partial charge >= 0.3 is 0 Å². The normalized spacial score (nSPS) is 22.4. The van der Waals surface area contributed by atoms with Gasteiger partial charge in [-0.3, -0.25) is 0 Å². The standard InChI is InChI=1S/C128H184Si16/c1-129(2,3)89-73-105-41-57-113(58-42-105)137(25,26)97-81-121-122(82-98-138(27,28)114-59-43-106(44-60-114)74-90-130(4,5)6)125(85-101-141(33,34)117-65-49-109(50-66-117)77-93-133(13,14)15)123(121,83-99-139(29,30)115-61-45-107(46-62-115)75-91-131(7,8)9)127(87-103-143(37,38)119-69-53-111(54-70-119)79-95-135(19,20)21)124(121,84-100-140(31,32)116-63-47-108(48-64-116)76-92-132(10,11)12)126(122,86-102-142(35,36)118-67-51-110(52-68-118)78-94-134(16,17)18)128(125,127)88-104-144(39,40)120-71-55-112(56-72-120)80-96-136(22,23)24/h41-72H,81-88,97-104H2,1-40H3. The Labute approximate surface area is 897 Å². The molecule has 0 aliphatic heterocycles. The van der Waals surface area contributed by atoms with E-state index in [1.165, 1.54) is 144 Å². The topological polar surface area (TPSA) is 0 Å². The Kier molecular flexibility index (Phi) is 32.2. The van der Waals surface area contributed by atoms with Crippen LogP contribution in [0.4, 0.5) is 0 Å². The zero-order valence-corrected chi connectivity index (χ0v) is 114. The van der Waals surface area contributed by atoms with Gasteiger partial charge in [-0.15, -0.1) is 44.3 Å². The summed E-state index contributed by atoms with van der Waals surface area (Å²) in [5.41, 5.74) is 40.1. The van der Waals surface area contributed by atoms with Crippen LogP contribution in [0.5, 0.6) is 0 Å². The summed E-state index contributed by atoms with van der Waals surface area (Å²) in [5.74, 6) is 30.0. The predicted octanol–water partition coefficient (Wildman–Crippen LogP) is 29.8. The molecule has 0 unspecified atom stereocenters. The summed E-state index contributed by atoms with van der Waals surface area (Å²) >= 11 is 0. The smallest absolute Gasteiger partial charge is 0.127 e. The highest BCUT2D eigenvalue weighted by Crippen LogP contribution is 3.37. The van der Waals surface area contributed by atoms with Crippen molar-refractivity contribution < 1.29 is 0 Å². The molecule has 760 valence electrons. The Morgan fingerprint density at radius 2 is 0.201 bits per heavy atom. The first-order valence-corrected chi connectivity index (χ1v) is 109. The zero-order valence-electron chi connectivity index (χ0n) is 97.8. The molecule has 6 aliphatic carbocycles. The molecule has 8 aromatic rings.